The molecule has 16 heavy (non-hydrogen) atoms. The standard InChI is InChI=1S/C13H15BrN2/c14-11-1-2-12-10(7-11)8-13(16-12)9-3-5-15-6-4-9/h1-2,7-9,15-16H,3-6H2. The van der Waals surface area contributed by atoms with E-state index in [1.807, 2.05) is 0 Å². The highest BCUT2D eigenvalue weighted by molar-refractivity contribution is 9.10. The van der Waals surface area contributed by atoms with Crippen molar-refractivity contribution in [3.05, 3.63) is 34.4 Å². The third-order valence-corrected chi connectivity index (χ3v) is 3.88. The Morgan fingerprint density at radius 1 is 1.12 bits per heavy atom. The molecular formula is C13H15BrN2. The molecule has 0 atom stereocenters. The maximum Gasteiger partial charge on any atom is 0.0456 e. The van der Waals surface area contributed by atoms with Crippen LogP contribution in [-0.2, 0) is 0 Å². The summed E-state index contributed by atoms with van der Waals surface area (Å²) in [4.78, 5) is 3.54. The van der Waals surface area contributed by atoms with E-state index in [2.05, 4.69) is 50.5 Å². The summed E-state index contributed by atoms with van der Waals surface area (Å²) in [5, 5.41) is 4.71. The van der Waals surface area contributed by atoms with E-state index < -0.39 is 0 Å². The number of nitrogens with one attached hydrogen (secondary N) is 2. The lowest BCUT2D eigenvalue weighted by Gasteiger charge is -2.21. The van der Waals surface area contributed by atoms with E-state index in [9.17, 15) is 0 Å². The first-order valence-corrected chi connectivity index (χ1v) is 6.61. The lowest BCUT2D eigenvalue weighted by molar-refractivity contribution is 0.455. The van der Waals surface area contributed by atoms with E-state index in [1.54, 1.807) is 0 Å². The average Bonchev–Trinajstić information content (AvgIpc) is 2.73. The van der Waals surface area contributed by atoms with Crippen LogP contribution in [0.3, 0.4) is 0 Å². The second kappa shape index (κ2) is 4.22. The lowest BCUT2D eigenvalue weighted by Crippen LogP contribution is -2.26. The van der Waals surface area contributed by atoms with Crippen LogP contribution < -0.4 is 5.32 Å². The minimum Gasteiger partial charge on any atom is -0.358 e. The zero-order valence-electron chi connectivity index (χ0n) is 9.09. The van der Waals surface area contributed by atoms with Gasteiger partial charge in [0.25, 0.3) is 0 Å². The van der Waals surface area contributed by atoms with Crippen LogP contribution in [0.1, 0.15) is 24.5 Å². The average molecular weight is 279 g/mol. The molecule has 2 heterocycles. The smallest absolute Gasteiger partial charge is 0.0456 e. The summed E-state index contributed by atoms with van der Waals surface area (Å²) in [6.07, 6.45) is 2.49. The molecule has 0 amide bonds. The van der Waals surface area contributed by atoms with Gasteiger partial charge in [-0.25, -0.2) is 0 Å². The van der Waals surface area contributed by atoms with Crippen LogP contribution >= 0.6 is 15.9 Å². The molecule has 0 radical (unpaired) electrons. The second-order valence-electron chi connectivity index (χ2n) is 4.48. The first-order chi connectivity index (χ1) is 7.83. The molecule has 84 valence electrons. The number of hydrogen-bond donors (Lipinski definition) is 2. The summed E-state index contributed by atoms with van der Waals surface area (Å²) >= 11 is 3.51. The van der Waals surface area contributed by atoms with Gasteiger partial charge < -0.3 is 10.3 Å². The van der Waals surface area contributed by atoms with Gasteiger partial charge in [0.05, 0.1) is 0 Å². The first kappa shape index (κ1) is 10.4. The van der Waals surface area contributed by atoms with Crippen molar-refractivity contribution in [1.29, 1.82) is 0 Å². The summed E-state index contributed by atoms with van der Waals surface area (Å²) in [6.45, 7) is 2.29. The summed E-state index contributed by atoms with van der Waals surface area (Å²) in [5.74, 6) is 0.701. The number of hydrogen-bond acceptors (Lipinski definition) is 1. The van der Waals surface area contributed by atoms with Crippen LogP contribution in [0.5, 0.6) is 0 Å². The van der Waals surface area contributed by atoms with Gasteiger partial charge in [-0.1, -0.05) is 15.9 Å². The minimum atomic E-state index is 0.701. The van der Waals surface area contributed by atoms with Gasteiger partial charge in [-0.05, 0) is 50.2 Å². The molecule has 2 aromatic rings. The zero-order chi connectivity index (χ0) is 11.0. The first-order valence-electron chi connectivity index (χ1n) is 5.82. The highest BCUT2D eigenvalue weighted by Gasteiger charge is 2.16. The molecule has 1 aliphatic heterocycles. The Balaban J connectivity index is 1.97. The van der Waals surface area contributed by atoms with Crippen molar-refractivity contribution in [2.45, 2.75) is 18.8 Å². The van der Waals surface area contributed by atoms with E-state index >= 15 is 0 Å². The van der Waals surface area contributed by atoms with Crippen LogP contribution in [0.4, 0.5) is 0 Å². The Morgan fingerprint density at radius 3 is 2.75 bits per heavy atom. The van der Waals surface area contributed by atoms with Gasteiger partial charge in [0.2, 0.25) is 0 Å². The number of H-pyrrole nitrogens is 1. The number of benzene rings is 1. The number of halogens is 1. The van der Waals surface area contributed by atoms with Gasteiger partial charge in [-0.15, -0.1) is 0 Å². The lowest BCUT2D eigenvalue weighted by atomic mass is 9.95. The number of aromatic nitrogens is 1. The number of rotatable bonds is 1. The van der Waals surface area contributed by atoms with Crippen molar-refractivity contribution in [3.63, 3.8) is 0 Å². The van der Waals surface area contributed by atoms with Gasteiger partial charge in [-0.3, -0.25) is 0 Å². The van der Waals surface area contributed by atoms with E-state index in [4.69, 9.17) is 0 Å². The molecule has 1 aromatic carbocycles. The molecule has 1 aromatic heterocycles. The van der Waals surface area contributed by atoms with Crippen LogP contribution in [0.15, 0.2) is 28.7 Å². The van der Waals surface area contributed by atoms with Crippen molar-refractivity contribution in [2.24, 2.45) is 0 Å². The molecule has 0 bridgehead atoms. The second-order valence-corrected chi connectivity index (χ2v) is 5.40. The molecule has 3 rings (SSSR count). The van der Waals surface area contributed by atoms with Crippen molar-refractivity contribution in [2.75, 3.05) is 13.1 Å². The normalized spacial score (nSPS) is 18.1. The summed E-state index contributed by atoms with van der Waals surface area (Å²) in [7, 11) is 0. The fourth-order valence-corrected chi connectivity index (χ4v) is 2.86. The third-order valence-electron chi connectivity index (χ3n) is 3.38. The van der Waals surface area contributed by atoms with Crippen molar-refractivity contribution in [1.82, 2.24) is 10.3 Å². The predicted molar refractivity (Wildman–Crippen MR) is 70.8 cm³/mol. The molecule has 2 nitrogen and oxygen atoms in total. The van der Waals surface area contributed by atoms with E-state index in [0.717, 1.165) is 17.6 Å². The Bertz CT molecular complexity index is 498. The third kappa shape index (κ3) is 1.89. The molecule has 0 spiro atoms. The quantitative estimate of drug-likeness (QED) is 0.822. The molecule has 1 saturated heterocycles. The summed E-state index contributed by atoms with van der Waals surface area (Å²) in [5.41, 5.74) is 2.64. The fraction of sp³-hybridized carbons (Fsp3) is 0.385. The summed E-state index contributed by atoms with van der Waals surface area (Å²) in [6, 6.07) is 8.71. The molecule has 2 N–H and O–H groups in total. The van der Waals surface area contributed by atoms with Crippen molar-refractivity contribution < 1.29 is 0 Å². The van der Waals surface area contributed by atoms with Crippen LogP contribution in [-0.4, -0.2) is 18.1 Å². The predicted octanol–water partition coefficient (Wildman–Crippen LogP) is 3.40. The Hall–Kier alpha value is -0.800. The molecule has 3 heteroatoms. The van der Waals surface area contributed by atoms with Crippen LogP contribution in [0.25, 0.3) is 10.9 Å². The molecular weight excluding hydrogens is 264 g/mol. The van der Waals surface area contributed by atoms with E-state index in [-0.39, 0.29) is 0 Å². The largest absolute Gasteiger partial charge is 0.358 e. The fourth-order valence-electron chi connectivity index (χ4n) is 2.48. The Kier molecular flexibility index (Phi) is 2.74. The number of fused-ring (bicyclic) bond motifs is 1. The monoisotopic (exact) mass is 278 g/mol. The van der Waals surface area contributed by atoms with Gasteiger partial charge in [-0.2, -0.15) is 0 Å². The Morgan fingerprint density at radius 2 is 1.94 bits per heavy atom. The van der Waals surface area contributed by atoms with Gasteiger partial charge in [0.1, 0.15) is 0 Å². The summed E-state index contributed by atoms with van der Waals surface area (Å²) < 4.78 is 1.15. The maximum absolute atomic E-state index is 3.54. The van der Waals surface area contributed by atoms with Crippen LogP contribution in [0.2, 0.25) is 0 Å². The Labute approximate surface area is 104 Å². The number of aromatic amines is 1. The maximum atomic E-state index is 3.54. The molecule has 1 aliphatic rings. The molecule has 0 aliphatic carbocycles. The van der Waals surface area contributed by atoms with Gasteiger partial charge >= 0.3 is 0 Å². The number of piperidine rings is 1. The van der Waals surface area contributed by atoms with Crippen LogP contribution in [0, 0.1) is 0 Å². The van der Waals surface area contributed by atoms with Gasteiger partial charge in [0, 0.05) is 27.0 Å². The van der Waals surface area contributed by atoms with Crippen molar-refractivity contribution >= 4 is 26.8 Å². The van der Waals surface area contributed by atoms with E-state index in [1.165, 1.54) is 29.4 Å². The van der Waals surface area contributed by atoms with Crippen molar-refractivity contribution in [3.8, 4) is 0 Å². The highest BCUT2D eigenvalue weighted by atomic mass is 79.9. The van der Waals surface area contributed by atoms with Gasteiger partial charge in [0.15, 0.2) is 0 Å². The SMILES string of the molecule is Brc1ccc2[nH]c(C3CCNCC3)cc2c1. The zero-order valence-corrected chi connectivity index (χ0v) is 10.7. The van der Waals surface area contributed by atoms with E-state index in [0.29, 0.717) is 5.92 Å². The topological polar surface area (TPSA) is 27.8 Å². The minimum absolute atomic E-state index is 0.701. The highest BCUT2D eigenvalue weighted by Crippen LogP contribution is 2.28. The molecule has 0 saturated carbocycles. The molecule has 0 unspecified atom stereocenters. The molecule has 1 fully saturated rings.